The van der Waals surface area contributed by atoms with Crippen LogP contribution in [0.2, 0.25) is 0 Å². The van der Waals surface area contributed by atoms with Crippen molar-refractivity contribution in [3.8, 4) is 0 Å². The molecule has 2 unspecified atom stereocenters. The van der Waals surface area contributed by atoms with Crippen LogP contribution >= 0.6 is 0 Å². The van der Waals surface area contributed by atoms with Gasteiger partial charge in [-0.3, -0.25) is 0 Å². The monoisotopic (exact) mass is 241 g/mol. The SMILES string of the molecule is CCNC1CCCCC1OCC1CCOCC1. The molecule has 1 saturated heterocycles. The zero-order chi connectivity index (χ0) is 11.9. The zero-order valence-electron chi connectivity index (χ0n) is 11.1. The van der Waals surface area contributed by atoms with Crippen LogP contribution < -0.4 is 5.32 Å². The molecule has 3 heteroatoms. The summed E-state index contributed by atoms with van der Waals surface area (Å²) in [6.07, 6.45) is 8.02. The first-order valence-corrected chi connectivity index (χ1v) is 7.33. The van der Waals surface area contributed by atoms with E-state index < -0.39 is 0 Å². The maximum Gasteiger partial charge on any atom is 0.0728 e. The Kier molecular flexibility index (Phi) is 5.75. The van der Waals surface area contributed by atoms with Crippen LogP contribution in [0, 0.1) is 5.92 Å². The largest absolute Gasteiger partial charge is 0.381 e. The first kappa shape index (κ1) is 13.3. The maximum atomic E-state index is 6.17. The molecule has 0 aromatic carbocycles. The maximum absolute atomic E-state index is 6.17. The standard InChI is InChI=1S/C14H27NO2/c1-2-15-13-5-3-4-6-14(13)17-11-12-7-9-16-10-8-12/h12-15H,2-11H2,1H3. The van der Waals surface area contributed by atoms with Gasteiger partial charge in [0.1, 0.15) is 0 Å². The third-order valence-electron chi connectivity index (χ3n) is 4.06. The van der Waals surface area contributed by atoms with Crippen molar-refractivity contribution in [2.45, 2.75) is 57.6 Å². The predicted octanol–water partition coefficient (Wildman–Crippen LogP) is 2.35. The Hall–Kier alpha value is -0.120. The average Bonchev–Trinajstić information content (AvgIpc) is 2.39. The molecule has 2 fully saturated rings. The minimum atomic E-state index is 0.451. The topological polar surface area (TPSA) is 30.5 Å². The highest BCUT2D eigenvalue weighted by atomic mass is 16.5. The predicted molar refractivity (Wildman–Crippen MR) is 69.2 cm³/mol. The van der Waals surface area contributed by atoms with Gasteiger partial charge in [0.05, 0.1) is 12.7 Å². The van der Waals surface area contributed by atoms with Gasteiger partial charge in [-0.1, -0.05) is 19.8 Å². The molecular weight excluding hydrogens is 214 g/mol. The number of ether oxygens (including phenoxy) is 2. The lowest BCUT2D eigenvalue weighted by molar-refractivity contribution is -0.0356. The normalized spacial score (nSPS) is 31.6. The van der Waals surface area contributed by atoms with Crippen molar-refractivity contribution in [2.24, 2.45) is 5.92 Å². The summed E-state index contributed by atoms with van der Waals surface area (Å²) in [7, 11) is 0. The molecule has 1 saturated carbocycles. The van der Waals surface area contributed by atoms with Gasteiger partial charge in [-0.05, 0) is 38.1 Å². The third kappa shape index (κ3) is 4.23. The van der Waals surface area contributed by atoms with Crippen LogP contribution in [0.5, 0.6) is 0 Å². The van der Waals surface area contributed by atoms with E-state index >= 15 is 0 Å². The van der Waals surface area contributed by atoms with Gasteiger partial charge in [0.2, 0.25) is 0 Å². The van der Waals surface area contributed by atoms with Crippen molar-refractivity contribution >= 4 is 0 Å². The van der Waals surface area contributed by atoms with E-state index in [0.717, 1.165) is 32.3 Å². The Morgan fingerprint density at radius 3 is 2.65 bits per heavy atom. The van der Waals surface area contributed by atoms with Crippen molar-refractivity contribution < 1.29 is 9.47 Å². The minimum Gasteiger partial charge on any atom is -0.381 e. The van der Waals surface area contributed by atoms with Crippen molar-refractivity contribution in [1.29, 1.82) is 0 Å². The van der Waals surface area contributed by atoms with E-state index in [2.05, 4.69) is 12.2 Å². The van der Waals surface area contributed by atoms with Gasteiger partial charge in [0.25, 0.3) is 0 Å². The molecule has 2 atom stereocenters. The minimum absolute atomic E-state index is 0.451. The van der Waals surface area contributed by atoms with Crippen molar-refractivity contribution in [3.05, 3.63) is 0 Å². The van der Waals surface area contributed by atoms with Crippen LogP contribution in [0.15, 0.2) is 0 Å². The van der Waals surface area contributed by atoms with Gasteiger partial charge in [-0.2, -0.15) is 0 Å². The second-order valence-corrected chi connectivity index (χ2v) is 5.38. The molecule has 2 aliphatic rings. The molecule has 100 valence electrons. The summed E-state index contributed by atoms with van der Waals surface area (Å²) in [6, 6.07) is 0.591. The molecule has 0 radical (unpaired) electrons. The van der Waals surface area contributed by atoms with Crippen LogP contribution in [0.1, 0.15) is 45.4 Å². The first-order valence-electron chi connectivity index (χ1n) is 7.33. The van der Waals surface area contributed by atoms with Gasteiger partial charge >= 0.3 is 0 Å². The van der Waals surface area contributed by atoms with Crippen LogP contribution in [0.3, 0.4) is 0 Å². The van der Waals surface area contributed by atoms with E-state index in [9.17, 15) is 0 Å². The third-order valence-corrected chi connectivity index (χ3v) is 4.06. The van der Waals surface area contributed by atoms with E-state index in [0.29, 0.717) is 12.1 Å². The lowest BCUT2D eigenvalue weighted by Crippen LogP contribution is -2.44. The summed E-state index contributed by atoms with van der Waals surface area (Å²) < 4.78 is 11.6. The number of rotatable bonds is 5. The average molecular weight is 241 g/mol. The first-order chi connectivity index (χ1) is 8.40. The highest BCUT2D eigenvalue weighted by molar-refractivity contribution is 4.81. The lowest BCUT2D eigenvalue weighted by atomic mass is 9.92. The fourth-order valence-electron chi connectivity index (χ4n) is 2.96. The van der Waals surface area contributed by atoms with Gasteiger partial charge in [0, 0.05) is 19.3 Å². The Morgan fingerprint density at radius 2 is 1.88 bits per heavy atom. The van der Waals surface area contributed by atoms with E-state index in [1.54, 1.807) is 0 Å². The molecule has 0 aromatic rings. The van der Waals surface area contributed by atoms with Crippen molar-refractivity contribution in [3.63, 3.8) is 0 Å². The molecule has 1 aliphatic carbocycles. The molecule has 17 heavy (non-hydrogen) atoms. The zero-order valence-corrected chi connectivity index (χ0v) is 11.1. The second kappa shape index (κ2) is 7.34. The highest BCUT2D eigenvalue weighted by Crippen LogP contribution is 2.23. The summed E-state index contributed by atoms with van der Waals surface area (Å²) in [5.41, 5.74) is 0. The molecule has 0 spiro atoms. The van der Waals surface area contributed by atoms with Gasteiger partial charge < -0.3 is 14.8 Å². The van der Waals surface area contributed by atoms with Gasteiger partial charge in [0.15, 0.2) is 0 Å². The molecular formula is C14H27NO2. The van der Waals surface area contributed by atoms with E-state index in [4.69, 9.17) is 9.47 Å². The van der Waals surface area contributed by atoms with Crippen molar-refractivity contribution in [1.82, 2.24) is 5.32 Å². The molecule has 0 aromatic heterocycles. The Morgan fingerprint density at radius 1 is 1.12 bits per heavy atom. The summed E-state index contributed by atoms with van der Waals surface area (Å²) >= 11 is 0. The van der Waals surface area contributed by atoms with E-state index in [1.165, 1.54) is 38.5 Å². The van der Waals surface area contributed by atoms with E-state index in [-0.39, 0.29) is 0 Å². The number of likely N-dealkylation sites (N-methyl/N-ethyl adjacent to an activating group) is 1. The molecule has 3 nitrogen and oxygen atoms in total. The molecule has 1 aliphatic heterocycles. The number of hydrogen-bond donors (Lipinski definition) is 1. The summed E-state index contributed by atoms with van der Waals surface area (Å²) in [5, 5.41) is 3.57. The summed E-state index contributed by atoms with van der Waals surface area (Å²) in [4.78, 5) is 0. The fraction of sp³-hybridized carbons (Fsp3) is 1.00. The second-order valence-electron chi connectivity index (χ2n) is 5.38. The molecule has 1 N–H and O–H groups in total. The van der Waals surface area contributed by atoms with Crippen LogP contribution in [0.25, 0.3) is 0 Å². The Bertz CT molecular complexity index is 202. The smallest absolute Gasteiger partial charge is 0.0728 e. The summed E-state index contributed by atoms with van der Waals surface area (Å²) in [6.45, 7) is 6.03. The van der Waals surface area contributed by atoms with Crippen LogP contribution in [-0.4, -0.2) is 38.5 Å². The van der Waals surface area contributed by atoms with Gasteiger partial charge in [-0.25, -0.2) is 0 Å². The van der Waals surface area contributed by atoms with Crippen LogP contribution in [-0.2, 0) is 9.47 Å². The number of nitrogens with one attached hydrogen (secondary N) is 1. The highest BCUT2D eigenvalue weighted by Gasteiger charge is 2.26. The molecule has 2 rings (SSSR count). The Labute approximate surface area is 105 Å². The van der Waals surface area contributed by atoms with Gasteiger partial charge in [-0.15, -0.1) is 0 Å². The van der Waals surface area contributed by atoms with Crippen LogP contribution in [0.4, 0.5) is 0 Å². The summed E-state index contributed by atoms with van der Waals surface area (Å²) in [5.74, 6) is 0.730. The number of hydrogen-bond acceptors (Lipinski definition) is 3. The fourth-order valence-corrected chi connectivity index (χ4v) is 2.96. The lowest BCUT2D eigenvalue weighted by Gasteiger charge is -2.33. The Balaban J connectivity index is 1.71. The molecule has 1 heterocycles. The molecule has 0 bridgehead atoms. The van der Waals surface area contributed by atoms with E-state index in [1.807, 2.05) is 0 Å². The van der Waals surface area contributed by atoms with Crippen molar-refractivity contribution in [2.75, 3.05) is 26.4 Å². The quantitative estimate of drug-likeness (QED) is 0.801. The molecule has 0 amide bonds.